The van der Waals surface area contributed by atoms with Gasteiger partial charge in [-0.25, -0.2) is 5.10 Å². The Morgan fingerprint density at radius 2 is 1.68 bits per heavy atom. The summed E-state index contributed by atoms with van der Waals surface area (Å²) < 4.78 is 5.35. The van der Waals surface area contributed by atoms with Gasteiger partial charge >= 0.3 is 5.97 Å². The molecule has 4 rings (SSSR count). The first-order valence-corrected chi connectivity index (χ1v) is 10.1. The van der Waals surface area contributed by atoms with Crippen molar-refractivity contribution in [2.45, 2.75) is 26.4 Å². The van der Waals surface area contributed by atoms with E-state index in [1.165, 1.54) is 0 Å². The summed E-state index contributed by atoms with van der Waals surface area (Å²) in [5.74, 6) is -0.833. The molecule has 1 amide bonds. The number of nitrogens with one attached hydrogen (secondary N) is 2. The number of aromatic amines is 1. The van der Waals surface area contributed by atoms with Crippen LogP contribution in [0.2, 0.25) is 0 Å². The molecule has 0 radical (unpaired) electrons. The molecular formula is C24H23N3O4. The highest BCUT2D eigenvalue weighted by molar-refractivity contribution is 6.03. The van der Waals surface area contributed by atoms with Crippen LogP contribution in [-0.4, -0.2) is 34.7 Å². The SMILES string of the molecule is CC1(C)CC(=O)OC1CNC(=O)c1c(-c2ccccc2)c(-c2ccccc2)n[nH]c1=O. The van der Waals surface area contributed by atoms with Gasteiger partial charge in [-0.3, -0.25) is 14.4 Å². The lowest BCUT2D eigenvalue weighted by molar-refractivity contribution is -0.141. The molecule has 1 aliphatic rings. The minimum atomic E-state index is -0.585. The molecule has 1 aliphatic heterocycles. The number of benzene rings is 2. The van der Waals surface area contributed by atoms with Gasteiger partial charge in [0.05, 0.1) is 18.7 Å². The van der Waals surface area contributed by atoms with Gasteiger partial charge in [-0.2, -0.15) is 5.10 Å². The lowest BCUT2D eigenvalue weighted by atomic mass is 9.85. The average molecular weight is 417 g/mol. The molecule has 2 aromatic carbocycles. The van der Waals surface area contributed by atoms with Gasteiger partial charge in [0, 0.05) is 16.5 Å². The number of hydrogen-bond donors (Lipinski definition) is 2. The smallest absolute Gasteiger partial charge is 0.306 e. The third kappa shape index (κ3) is 4.12. The molecule has 3 aromatic rings. The van der Waals surface area contributed by atoms with Crippen molar-refractivity contribution in [3.8, 4) is 22.4 Å². The molecule has 7 heteroatoms. The van der Waals surface area contributed by atoms with E-state index in [4.69, 9.17) is 4.74 Å². The van der Waals surface area contributed by atoms with Gasteiger partial charge in [0.1, 0.15) is 11.7 Å². The van der Waals surface area contributed by atoms with Crippen molar-refractivity contribution in [2.75, 3.05) is 6.54 Å². The highest BCUT2D eigenvalue weighted by atomic mass is 16.6. The zero-order valence-electron chi connectivity index (χ0n) is 17.3. The molecule has 0 spiro atoms. The summed E-state index contributed by atoms with van der Waals surface area (Å²) in [6, 6.07) is 18.6. The number of carbonyl (C=O) groups is 2. The number of esters is 1. The van der Waals surface area contributed by atoms with Crippen LogP contribution in [-0.2, 0) is 9.53 Å². The van der Waals surface area contributed by atoms with Crippen molar-refractivity contribution in [3.63, 3.8) is 0 Å². The normalized spacial score (nSPS) is 17.2. The monoisotopic (exact) mass is 417 g/mol. The van der Waals surface area contributed by atoms with Crippen LogP contribution in [0.4, 0.5) is 0 Å². The van der Waals surface area contributed by atoms with E-state index in [0.29, 0.717) is 16.8 Å². The summed E-state index contributed by atoms with van der Waals surface area (Å²) in [6.45, 7) is 3.95. The maximum absolute atomic E-state index is 13.2. The van der Waals surface area contributed by atoms with Crippen molar-refractivity contribution in [1.29, 1.82) is 0 Å². The van der Waals surface area contributed by atoms with E-state index in [-0.39, 0.29) is 24.5 Å². The first-order valence-electron chi connectivity index (χ1n) is 10.1. The second-order valence-electron chi connectivity index (χ2n) is 8.24. The summed E-state index contributed by atoms with van der Waals surface area (Å²) in [7, 11) is 0. The molecule has 2 heterocycles. The van der Waals surface area contributed by atoms with Crippen LogP contribution in [0.5, 0.6) is 0 Å². The Labute approximate surface area is 179 Å². The minimum Gasteiger partial charge on any atom is -0.460 e. The van der Waals surface area contributed by atoms with E-state index in [9.17, 15) is 14.4 Å². The van der Waals surface area contributed by atoms with E-state index < -0.39 is 23.0 Å². The van der Waals surface area contributed by atoms with Crippen LogP contribution in [0.15, 0.2) is 65.5 Å². The van der Waals surface area contributed by atoms with Gasteiger partial charge < -0.3 is 10.1 Å². The van der Waals surface area contributed by atoms with Crippen molar-refractivity contribution < 1.29 is 14.3 Å². The number of aromatic nitrogens is 2. The van der Waals surface area contributed by atoms with Crippen LogP contribution < -0.4 is 10.9 Å². The Balaban J connectivity index is 1.76. The first kappa shape index (κ1) is 20.5. The van der Waals surface area contributed by atoms with Gasteiger partial charge in [-0.15, -0.1) is 0 Å². The predicted molar refractivity (Wildman–Crippen MR) is 116 cm³/mol. The zero-order chi connectivity index (χ0) is 22.0. The lowest BCUT2D eigenvalue weighted by Crippen LogP contribution is -2.40. The Kier molecular flexibility index (Phi) is 5.42. The molecule has 1 saturated heterocycles. The van der Waals surface area contributed by atoms with E-state index in [1.54, 1.807) is 0 Å². The van der Waals surface area contributed by atoms with Gasteiger partial charge in [0.15, 0.2) is 0 Å². The summed E-state index contributed by atoms with van der Waals surface area (Å²) in [5.41, 5.74) is 1.43. The molecule has 7 nitrogen and oxygen atoms in total. The quantitative estimate of drug-likeness (QED) is 0.621. The van der Waals surface area contributed by atoms with Crippen LogP contribution in [0, 0.1) is 5.41 Å². The number of H-pyrrole nitrogens is 1. The molecule has 1 atom stereocenters. The molecule has 0 bridgehead atoms. The van der Waals surface area contributed by atoms with Gasteiger partial charge in [0.25, 0.3) is 11.5 Å². The number of nitrogens with zero attached hydrogens (tertiary/aromatic N) is 1. The molecule has 0 aliphatic carbocycles. The highest BCUT2D eigenvalue weighted by Crippen LogP contribution is 2.35. The number of cyclic esters (lactones) is 1. The summed E-state index contributed by atoms with van der Waals surface area (Å²) >= 11 is 0. The van der Waals surface area contributed by atoms with Crippen molar-refractivity contribution in [1.82, 2.24) is 15.5 Å². The fourth-order valence-corrected chi connectivity index (χ4v) is 3.80. The van der Waals surface area contributed by atoms with Crippen LogP contribution in [0.1, 0.15) is 30.6 Å². The van der Waals surface area contributed by atoms with Gasteiger partial charge in [0.2, 0.25) is 0 Å². The molecule has 0 saturated carbocycles. The van der Waals surface area contributed by atoms with Crippen LogP contribution >= 0.6 is 0 Å². The largest absolute Gasteiger partial charge is 0.460 e. The number of ether oxygens (including phenoxy) is 1. The van der Waals surface area contributed by atoms with E-state index >= 15 is 0 Å². The van der Waals surface area contributed by atoms with Crippen LogP contribution in [0.25, 0.3) is 22.4 Å². The standard InChI is InChI=1S/C24H23N3O4/c1-24(2)13-18(28)31-17(24)14-25-22(29)20-19(15-9-5-3-6-10-15)21(26-27-23(20)30)16-11-7-4-8-12-16/h3-12,17H,13-14H2,1-2H3,(H,25,29)(H,27,30). The minimum absolute atomic E-state index is 0.0258. The second-order valence-corrected chi connectivity index (χ2v) is 8.24. The van der Waals surface area contributed by atoms with Gasteiger partial charge in [-0.1, -0.05) is 74.5 Å². The third-order valence-corrected chi connectivity index (χ3v) is 5.51. The number of hydrogen-bond acceptors (Lipinski definition) is 5. The molecule has 158 valence electrons. The molecule has 1 aromatic heterocycles. The number of amides is 1. The zero-order valence-corrected chi connectivity index (χ0v) is 17.3. The second kappa shape index (κ2) is 8.18. The number of carbonyl (C=O) groups excluding carboxylic acids is 2. The van der Waals surface area contributed by atoms with E-state index in [2.05, 4.69) is 15.5 Å². The Hall–Kier alpha value is -3.74. The molecule has 31 heavy (non-hydrogen) atoms. The van der Waals surface area contributed by atoms with E-state index in [1.807, 2.05) is 74.5 Å². The third-order valence-electron chi connectivity index (χ3n) is 5.51. The summed E-state index contributed by atoms with van der Waals surface area (Å²) in [4.78, 5) is 37.6. The summed E-state index contributed by atoms with van der Waals surface area (Å²) in [6.07, 6.45) is -0.171. The Bertz CT molecular complexity index is 1170. The highest BCUT2D eigenvalue weighted by Gasteiger charge is 2.41. The molecule has 1 fully saturated rings. The topological polar surface area (TPSA) is 101 Å². The maximum Gasteiger partial charge on any atom is 0.306 e. The number of rotatable bonds is 5. The van der Waals surface area contributed by atoms with Crippen molar-refractivity contribution in [3.05, 3.63) is 76.6 Å². The van der Waals surface area contributed by atoms with Crippen molar-refractivity contribution >= 4 is 11.9 Å². The molecule has 2 N–H and O–H groups in total. The molecule has 1 unspecified atom stereocenters. The lowest BCUT2D eigenvalue weighted by Gasteiger charge is -2.24. The fourth-order valence-electron chi connectivity index (χ4n) is 3.80. The van der Waals surface area contributed by atoms with Gasteiger partial charge in [-0.05, 0) is 5.56 Å². The van der Waals surface area contributed by atoms with E-state index in [0.717, 1.165) is 5.56 Å². The first-order chi connectivity index (χ1) is 14.9. The Morgan fingerprint density at radius 1 is 1.06 bits per heavy atom. The average Bonchev–Trinajstić information content (AvgIpc) is 3.04. The Morgan fingerprint density at radius 3 is 2.26 bits per heavy atom. The summed E-state index contributed by atoms with van der Waals surface area (Å²) in [5, 5.41) is 9.49. The predicted octanol–water partition coefficient (Wildman–Crippen LogP) is 3.18. The maximum atomic E-state index is 13.2. The molecular weight excluding hydrogens is 394 g/mol. The van der Waals surface area contributed by atoms with Crippen LogP contribution in [0.3, 0.4) is 0 Å². The fraction of sp³-hybridized carbons (Fsp3) is 0.250. The van der Waals surface area contributed by atoms with Crippen molar-refractivity contribution in [2.24, 2.45) is 5.41 Å².